The van der Waals surface area contributed by atoms with E-state index < -0.39 is 0 Å². The first-order chi connectivity index (χ1) is 8.43. The fourth-order valence-electron chi connectivity index (χ4n) is 3.36. The maximum atomic E-state index is 3.70. The van der Waals surface area contributed by atoms with Crippen molar-refractivity contribution in [3.05, 3.63) is 35.9 Å². The second-order valence-corrected chi connectivity index (χ2v) is 5.37. The normalized spacial score (nSPS) is 29.9. The lowest BCUT2D eigenvalue weighted by molar-refractivity contribution is 0.0815. The van der Waals surface area contributed by atoms with Gasteiger partial charge in [0.2, 0.25) is 0 Å². The molecule has 0 radical (unpaired) electrons. The van der Waals surface area contributed by atoms with Crippen molar-refractivity contribution in [2.45, 2.75) is 44.3 Å². The molecule has 1 aliphatic carbocycles. The number of hydrogen-bond acceptors (Lipinski definition) is 2. The van der Waals surface area contributed by atoms with Gasteiger partial charge in [-0.3, -0.25) is 4.90 Å². The molecule has 2 fully saturated rings. The minimum Gasteiger partial charge on any atom is -0.311 e. The van der Waals surface area contributed by atoms with E-state index in [0.29, 0.717) is 0 Å². The SMILES string of the molecule is c1ccc(CN2CCN[C@H]3CCCCC32)cc1. The molecule has 1 aromatic rings. The molecule has 1 heterocycles. The predicted molar refractivity (Wildman–Crippen MR) is 70.9 cm³/mol. The molecule has 17 heavy (non-hydrogen) atoms. The van der Waals surface area contributed by atoms with E-state index in [-0.39, 0.29) is 0 Å². The van der Waals surface area contributed by atoms with Crippen LogP contribution in [0.3, 0.4) is 0 Å². The average Bonchev–Trinajstić information content (AvgIpc) is 2.40. The van der Waals surface area contributed by atoms with Crippen LogP contribution in [0.5, 0.6) is 0 Å². The molecule has 1 N–H and O–H groups in total. The molecule has 2 aliphatic rings. The standard InChI is InChI=1S/C15H22N2/c1-2-6-13(7-3-1)12-17-11-10-16-14-8-4-5-9-15(14)17/h1-3,6-7,14-16H,4-5,8-12H2/t14-,15?/m0/s1. The zero-order valence-corrected chi connectivity index (χ0v) is 10.4. The van der Waals surface area contributed by atoms with Crippen LogP contribution in [0, 0.1) is 0 Å². The van der Waals surface area contributed by atoms with E-state index in [2.05, 4.69) is 40.5 Å². The Morgan fingerprint density at radius 1 is 1.12 bits per heavy atom. The molecular formula is C15H22N2. The molecular weight excluding hydrogens is 208 g/mol. The zero-order valence-electron chi connectivity index (χ0n) is 10.4. The molecule has 2 atom stereocenters. The Balaban J connectivity index is 1.69. The molecule has 92 valence electrons. The summed E-state index contributed by atoms with van der Waals surface area (Å²) in [5.74, 6) is 0. The Bertz CT molecular complexity index is 347. The summed E-state index contributed by atoms with van der Waals surface area (Å²) in [5, 5.41) is 3.70. The van der Waals surface area contributed by atoms with Gasteiger partial charge in [-0.2, -0.15) is 0 Å². The highest BCUT2D eigenvalue weighted by atomic mass is 15.2. The van der Waals surface area contributed by atoms with Crippen molar-refractivity contribution < 1.29 is 0 Å². The minimum atomic E-state index is 0.751. The maximum absolute atomic E-state index is 3.70. The monoisotopic (exact) mass is 230 g/mol. The summed E-state index contributed by atoms with van der Waals surface area (Å²) in [6.45, 7) is 3.49. The number of hydrogen-bond donors (Lipinski definition) is 1. The topological polar surface area (TPSA) is 15.3 Å². The van der Waals surface area contributed by atoms with Gasteiger partial charge in [-0.25, -0.2) is 0 Å². The molecule has 0 amide bonds. The van der Waals surface area contributed by atoms with Crippen LogP contribution in [0.25, 0.3) is 0 Å². The van der Waals surface area contributed by atoms with Gasteiger partial charge in [0.15, 0.2) is 0 Å². The van der Waals surface area contributed by atoms with E-state index in [9.17, 15) is 0 Å². The fourth-order valence-corrected chi connectivity index (χ4v) is 3.36. The van der Waals surface area contributed by atoms with Crippen molar-refractivity contribution >= 4 is 0 Å². The summed E-state index contributed by atoms with van der Waals surface area (Å²) in [6, 6.07) is 12.4. The van der Waals surface area contributed by atoms with E-state index >= 15 is 0 Å². The molecule has 2 heteroatoms. The lowest BCUT2D eigenvalue weighted by Crippen LogP contribution is -2.58. The van der Waals surface area contributed by atoms with E-state index in [0.717, 1.165) is 25.2 Å². The van der Waals surface area contributed by atoms with Gasteiger partial charge in [0.1, 0.15) is 0 Å². The Hall–Kier alpha value is -0.860. The molecule has 1 aliphatic heterocycles. The Morgan fingerprint density at radius 3 is 2.82 bits per heavy atom. The third kappa shape index (κ3) is 2.53. The van der Waals surface area contributed by atoms with Gasteiger partial charge in [-0.15, -0.1) is 0 Å². The maximum Gasteiger partial charge on any atom is 0.0253 e. The van der Waals surface area contributed by atoms with E-state index in [1.807, 2.05) is 0 Å². The van der Waals surface area contributed by atoms with Gasteiger partial charge in [0.25, 0.3) is 0 Å². The van der Waals surface area contributed by atoms with E-state index in [1.165, 1.54) is 37.8 Å². The molecule has 1 unspecified atom stereocenters. The number of rotatable bonds is 2. The average molecular weight is 230 g/mol. The quantitative estimate of drug-likeness (QED) is 0.839. The summed E-state index contributed by atoms with van der Waals surface area (Å²) in [5.41, 5.74) is 1.46. The minimum absolute atomic E-state index is 0.751. The molecule has 1 saturated carbocycles. The third-order valence-electron chi connectivity index (χ3n) is 4.23. The molecule has 2 nitrogen and oxygen atoms in total. The van der Waals surface area contributed by atoms with Crippen LogP contribution < -0.4 is 5.32 Å². The van der Waals surface area contributed by atoms with Crippen LogP contribution in [0.2, 0.25) is 0 Å². The van der Waals surface area contributed by atoms with Gasteiger partial charge in [-0.05, 0) is 18.4 Å². The van der Waals surface area contributed by atoms with Crippen molar-refractivity contribution in [1.29, 1.82) is 0 Å². The smallest absolute Gasteiger partial charge is 0.0253 e. The summed E-state index contributed by atoms with van der Waals surface area (Å²) in [4.78, 5) is 2.69. The number of nitrogens with one attached hydrogen (secondary N) is 1. The van der Waals surface area contributed by atoms with Gasteiger partial charge in [0, 0.05) is 31.7 Å². The first kappa shape index (κ1) is 11.2. The third-order valence-corrected chi connectivity index (χ3v) is 4.23. The number of piperazine rings is 1. The van der Waals surface area contributed by atoms with Crippen LogP contribution >= 0.6 is 0 Å². The first-order valence-electron chi connectivity index (χ1n) is 6.95. The van der Waals surface area contributed by atoms with E-state index in [4.69, 9.17) is 0 Å². The number of fused-ring (bicyclic) bond motifs is 1. The largest absolute Gasteiger partial charge is 0.311 e. The molecule has 1 saturated heterocycles. The van der Waals surface area contributed by atoms with Crippen molar-refractivity contribution in [3.8, 4) is 0 Å². The van der Waals surface area contributed by atoms with Crippen molar-refractivity contribution in [2.24, 2.45) is 0 Å². The molecule has 0 spiro atoms. The second-order valence-electron chi connectivity index (χ2n) is 5.37. The van der Waals surface area contributed by atoms with Crippen LogP contribution in [0.15, 0.2) is 30.3 Å². The van der Waals surface area contributed by atoms with Crippen LogP contribution in [-0.2, 0) is 6.54 Å². The Kier molecular flexibility index (Phi) is 3.44. The molecule has 3 rings (SSSR count). The lowest BCUT2D eigenvalue weighted by atomic mass is 9.87. The predicted octanol–water partition coefficient (Wildman–Crippen LogP) is 2.40. The summed E-state index contributed by atoms with van der Waals surface area (Å²) >= 11 is 0. The highest BCUT2D eigenvalue weighted by Crippen LogP contribution is 2.26. The van der Waals surface area contributed by atoms with Crippen molar-refractivity contribution in [3.63, 3.8) is 0 Å². The van der Waals surface area contributed by atoms with Crippen LogP contribution in [0.4, 0.5) is 0 Å². The summed E-state index contributed by atoms with van der Waals surface area (Å²) in [6.07, 6.45) is 5.57. The molecule has 1 aromatic carbocycles. The fraction of sp³-hybridized carbons (Fsp3) is 0.600. The van der Waals surface area contributed by atoms with Gasteiger partial charge in [-0.1, -0.05) is 43.2 Å². The van der Waals surface area contributed by atoms with Crippen LogP contribution in [-0.4, -0.2) is 30.1 Å². The Morgan fingerprint density at radius 2 is 1.94 bits per heavy atom. The lowest BCUT2D eigenvalue weighted by Gasteiger charge is -2.44. The highest BCUT2D eigenvalue weighted by molar-refractivity contribution is 5.15. The highest BCUT2D eigenvalue weighted by Gasteiger charge is 2.32. The molecule has 0 aromatic heterocycles. The van der Waals surface area contributed by atoms with Crippen molar-refractivity contribution in [1.82, 2.24) is 10.2 Å². The van der Waals surface area contributed by atoms with Crippen LogP contribution in [0.1, 0.15) is 31.2 Å². The summed E-state index contributed by atoms with van der Waals surface area (Å²) < 4.78 is 0. The molecule has 0 bridgehead atoms. The zero-order chi connectivity index (χ0) is 11.5. The van der Waals surface area contributed by atoms with Gasteiger partial charge < -0.3 is 5.32 Å². The number of nitrogens with zero attached hydrogens (tertiary/aromatic N) is 1. The first-order valence-corrected chi connectivity index (χ1v) is 6.95. The Labute approximate surface area is 104 Å². The van der Waals surface area contributed by atoms with E-state index in [1.54, 1.807) is 0 Å². The number of benzene rings is 1. The van der Waals surface area contributed by atoms with Gasteiger partial charge >= 0.3 is 0 Å². The van der Waals surface area contributed by atoms with Gasteiger partial charge in [0.05, 0.1) is 0 Å². The summed E-state index contributed by atoms with van der Waals surface area (Å²) in [7, 11) is 0. The van der Waals surface area contributed by atoms with Crippen molar-refractivity contribution in [2.75, 3.05) is 13.1 Å². The second kappa shape index (κ2) is 5.19.